The minimum atomic E-state index is -0.132. The Morgan fingerprint density at radius 1 is 1.25 bits per heavy atom. The van der Waals surface area contributed by atoms with E-state index < -0.39 is 0 Å². The number of rotatable bonds is 3. The third-order valence-electron chi connectivity index (χ3n) is 3.04. The van der Waals surface area contributed by atoms with Gasteiger partial charge in [0.2, 0.25) is 0 Å². The molecule has 0 fully saturated rings. The molecular formula is C15H21N5. The predicted molar refractivity (Wildman–Crippen MR) is 81.4 cm³/mol. The number of nitrogens with zero attached hydrogens (tertiary/aromatic N) is 3. The standard InChI is InChI=1S/C15H21N5/c1-10-12(16)19-14(15(2,3)4)20-13(10)18-9-11-6-5-7-17-8-11/h5-8H,9H2,1-4H3,(H3,16,18,19,20). The second-order valence-corrected chi connectivity index (χ2v) is 5.87. The second-order valence-electron chi connectivity index (χ2n) is 5.87. The van der Waals surface area contributed by atoms with Crippen LogP contribution in [-0.4, -0.2) is 15.0 Å². The van der Waals surface area contributed by atoms with Gasteiger partial charge in [-0.15, -0.1) is 0 Å². The average Bonchev–Trinajstić information content (AvgIpc) is 2.40. The van der Waals surface area contributed by atoms with Crippen LogP contribution in [0.25, 0.3) is 0 Å². The van der Waals surface area contributed by atoms with Gasteiger partial charge in [-0.1, -0.05) is 26.8 Å². The van der Waals surface area contributed by atoms with E-state index in [0.717, 1.165) is 22.8 Å². The second kappa shape index (κ2) is 5.45. The lowest BCUT2D eigenvalue weighted by molar-refractivity contribution is 0.546. The molecule has 0 unspecified atom stereocenters. The number of aromatic nitrogens is 3. The van der Waals surface area contributed by atoms with Crippen LogP contribution in [0.15, 0.2) is 24.5 Å². The fourth-order valence-corrected chi connectivity index (χ4v) is 1.73. The molecule has 106 valence electrons. The predicted octanol–water partition coefficient (Wildman–Crippen LogP) is 2.67. The van der Waals surface area contributed by atoms with E-state index in [1.165, 1.54) is 0 Å². The zero-order chi connectivity index (χ0) is 14.8. The summed E-state index contributed by atoms with van der Waals surface area (Å²) in [6.45, 7) is 8.80. The number of nitrogens with two attached hydrogens (primary N) is 1. The third-order valence-corrected chi connectivity index (χ3v) is 3.04. The molecule has 0 radical (unpaired) electrons. The van der Waals surface area contributed by atoms with Crippen LogP contribution in [0.4, 0.5) is 11.6 Å². The Morgan fingerprint density at radius 3 is 2.60 bits per heavy atom. The molecule has 5 nitrogen and oxygen atoms in total. The molecule has 0 aliphatic heterocycles. The fraction of sp³-hybridized carbons (Fsp3) is 0.400. The number of hydrogen-bond acceptors (Lipinski definition) is 5. The van der Waals surface area contributed by atoms with Gasteiger partial charge in [-0.3, -0.25) is 4.98 Å². The van der Waals surface area contributed by atoms with Crippen LogP contribution in [0.1, 0.15) is 37.7 Å². The van der Waals surface area contributed by atoms with E-state index in [1.54, 1.807) is 6.20 Å². The molecule has 0 aromatic carbocycles. The molecule has 20 heavy (non-hydrogen) atoms. The van der Waals surface area contributed by atoms with Crippen LogP contribution in [0, 0.1) is 6.92 Å². The van der Waals surface area contributed by atoms with Crippen molar-refractivity contribution in [3.8, 4) is 0 Å². The van der Waals surface area contributed by atoms with Crippen LogP contribution in [-0.2, 0) is 12.0 Å². The van der Waals surface area contributed by atoms with Crippen molar-refractivity contribution in [2.75, 3.05) is 11.1 Å². The van der Waals surface area contributed by atoms with Gasteiger partial charge in [0.25, 0.3) is 0 Å². The number of nitrogens with one attached hydrogen (secondary N) is 1. The Labute approximate surface area is 119 Å². The maximum Gasteiger partial charge on any atom is 0.138 e. The highest BCUT2D eigenvalue weighted by Gasteiger charge is 2.20. The number of hydrogen-bond donors (Lipinski definition) is 2. The van der Waals surface area contributed by atoms with Gasteiger partial charge in [-0.25, -0.2) is 9.97 Å². The monoisotopic (exact) mass is 271 g/mol. The van der Waals surface area contributed by atoms with E-state index in [2.05, 4.69) is 41.0 Å². The van der Waals surface area contributed by atoms with Gasteiger partial charge in [0.15, 0.2) is 0 Å². The van der Waals surface area contributed by atoms with Crippen molar-refractivity contribution < 1.29 is 0 Å². The molecular weight excluding hydrogens is 250 g/mol. The van der Waals surface area contributed by atoms with Gasteiger partial charge in [0, 0.05) is 29.9 Å². The summed E-state index contributed by atoms with van der Waals surface area (Å²) in [5, 5.41) is 3.31. The molecule has 2 heterocycles. The summed E-state index contributed by atoms with van der Waals surface area (Å²) in [4.78, 5) is 13.1. The smallest absolute Gasteiger partial charge is 0.138 e. The van der Waals surface area contributed by atoms with Crippen molar-refractivity contribution in [1.82, 2.24) is 15.0 Å². The Hall–Kier alpha value is -2.17. The molecule has 0 saturated heterocycles. The SMILES string of the molecule is Cc1c(N)nc(C(C)(C)C)nc1NCc1cccnc1. The first kappa shape index (κ1) is 14.2. The first-order valence-corrected chi connectivity index (χ1v) is 6.65. The molecule has 0 spiro atoms. The molecule has 0 atom stereocenters. The highest BCUT2D eigenvalue weighted by molar-refractivity contribution is 5.55. The maximum absolute atomic E-state index is 5.98. The van der Waals surface area contributed by atoms with E-state index in [0.29, 0.717) is 12.4 Å². The van der Waals surface area contributed by atoms with E-state index >= 15 is 0 Å². The topological polar surface area (TPSA) is 76.7 Å². The van der Waals surface area contributed by atoms with E-state index in [-0.39, 0.29) is 5.41 Å². The zero-order valence-corrected chi connectivity index (χ0v) is 12.4. The molecule has 5 heteroatoms. The summed E-state index contributed by atoms with van der Waals surface area (Å²) < 4.78 is 0. The van der Waals surface area contributed by atoms with Crippen LogP contribution in [0.5, 0.6) is 0 Å². The first-order valence-electron chi connectivity index (χ1n) is 6.65. The Kier molecular flexibility index (Phi) is 3.88. The summed E-state index contributed by atoms with van der Waals surface area (Å²) >= 11 is 0. The van der Waals surface area contributed by atoms with E-state index in [4.69, 9.17) is 5.73 Å². The number of pyridine rings is 1. The van der Waals surface area contributed by atoms with Gasteiger partial charge < -0.3 is 11.1 Å². The van der Waals surface area contributed by atoms with Gasteiger partial charge in [-0.05, 0) is 18.6 Å². The molecule has 2 aromatic rings. The lowest BCUT2D eigenvalue weighted by Gasteiger charge is -2.19. The highest BCUT2D eigenvalue weighted by Crippen LogP contribution is 2.24. The van der Waals surface area contributed by atoms with E-state index in [1.807, 2.05) is 25.3 Å². The molecule has 0 bridgehead atoms. The van der Waals surface area contributed by atoms with Crippen molar-refractivity contribution in [3.63, 3.8) is 0 Å². The quantitative estimate of drug-likeness (QED) is 0.897. The number of anilines is 2. The minimum absolute atomic E-state index is 0.132. The normalized spacial score (nSPS) is 11.4. The van der Waals surface area contributed by atoms with Crippen molar-refractivity contribution >= 4 is 11.6 Å². The molecule has 3 N–H and O–H groups in total. The summed E-state index contributed by atoms with van der Waals surface area (Å²) in [7, 11) is 0. The summed E-state index contributed by atoms with van der Waals surface area (Å²) in [6, 6.07) is 3.93. The van der Waals surface area contributed by atoms with E-state index in [9.17, 15) is 0 Å². The summed E-state index contributed by atoms with van der Waals surface area (Å²) in [5.41, 5.74) is 7.83. The molecule has 0 aliphatic carbocycles. The summed E-state index contributed by atoms with van der Waals surface area (Å²) in [6.07, 6.45) is 3.59. The Balaban J connectivity index is 2.25. The van der Waals surface area contributed by atoms with Crippen molar-refractivity contribution in [3.05, 3.63) is 41.5 Å². The van der Waals surface area contributed by atoms with Crippen molar-refractivity contribution in [1.29, 1.82) is 0 Å². The fourth-order valence-electron chi connectivity index (χ4n) is 1.73. The summed E-state index contributed by atoms with van der Waals surface area (Å²) in [5.74, 6) is 2.05. The average molecular weight is 271 g/mol. The van der Waals surface area contributed by atoms with Crippen molar-refractivity contribution in [2.24, 2.45) is 0 Å². The van der Waals surface area contributed by atoms with Crippen LogP contribution < -0.4 is 11.1 Å². The highest BCUT2D eigenvalue weighted by atomic mass is 15.1. The Morgan fingerprint density at radius 2 is 2.00 bits per heavy atom. The van der Waals surface area contributed by atoms with Gasteiger partial charge >= 0.3 is 0 Å². The Bertz CT molecular complexity index is 587. The number of nitrogen functional groups attached to an aromatic ring is 1. The zero-order valence-electron chi connectivity index (χ0n) is 12.4. The van der Waals surface area contributed by atoms with Crippen molar-refractivity contribution in [2.45, 2.75) is 39.7 Å². The largest absolute Gasteiger partial charge is 0.383 e. The van der Waals surface area contributed by atoms with Gasteiger partial charge in [-0.2, -0.15) is 0 Å². The lowest BCUT2D eigenvalue weighted by atomic mass is 9.95. The molecule has 0 amide bonds. The maximum atomic E-state index is 5.98. The third kappa shape index (κ3) is 3.23. The van der Waals surface area contributed by atoms with Crippen LogP contribution >= 0.6 is 0 Å². The molecule has 2 aromatic heterocycles. The van der Waals surface area contributed by atoms with Gasteiger partial charge in [0.05, 0.1) is 0 Å². The van der Waals surface area contributed by atoms with Crippen LogP contribution in [0.2, 0.25) is 0 Å². The minimum Gasteiger partial charge on any atom is -0.383 e. The van der Waals surface area contributed by atoms with Crippen LogP contribution in [0.3, 0.4) is 0 Å². The first-order chi connectivity index (χ1) is 9.38. The molecule has 0 saturated carbocycles. The van der Waals surface area contributed by atoms with Gasteiger partial charge in [0.1, 0.15) is 17.5 Å². The molecule has 2 rings (SSSR count). The lowest BCUT2D eigenvalue weighted by Crippen LogP contribution is -2.19. The molecule has 0 aliphatic rings.